The molecule has 0 spiro atoms. The standard InChI is InChI=1S/C15H23FN2/c1-10-8-11(2)18(9-10)12(3)15(17)13-4-6-14(16)7-5-13/h4-7,10-12,15H,8-9,17H2,1-3H3. The Kier molecular flexibility index (Phi) is 4.03. The largest absolute Gasteiger partial charge is 0.323 e. The topological polar surface area (TPSA) is 29.3 Å². The van der Waals surface area contributed by atoms with Crippen molar-refractivity contribution in [3.05, 3.63) is 35.6 Å². The van der Waals surface area contributed by atoms with Crippen LogP contribution in [0.25, 0.3) is 0 Å². The summed E-state index contributed by atoms with van der Waals surface area (Å²) in [6, 6.07) is 7.37. The zero-order chi connectivity index (χ0) is 13.3. The van der Waals surface area contributed by atoms with Crippen LogP contribution < -0.4 is 5.73 Å². The van der Waals surface area contributed by atoms with Gasteiger partial charge in [-0.15, -0.1) is 0 Å². The summed E-state index contributed by atoms with van der Waals surface area (Å²) in [6.07, 6.45) is 1.24. The molecule has 1 heterocycles. The van der Waals surface area contributed by atoms with Crippen LogP contribution in [0.5, 0.6) is 0 Å². The van der Waals surface area contributed by atoms with Crippen LogP contribution in [0.15, 0.2) is 24.3 Å². The second-order valence-electron chi connectivity index (χ2n) is 5.70. The molecule has 0 bridgehead atoms. The number of nitrogens with zero attached hydrogens (tertiary/aromatic N) is 1. The zero-order valence-corrected chi connectivity index (χ0v) is 11.4. The monoisotopic (exact) mass is 250 g/mol. The maximum absolute atomic E-state index is 12.9. The Morgan fingerprint density at radius 1 is 1.28 bits per heavy atom. The van der Waals surface area contributed by atoms with Gasteiger partial charge in [-0.2, -0.15) is 0 Å². The maximum Gasteiger partial charge on any atom is 0.123 e. The molecule has 4 atom stereocenters. The lowest BCUT2D eigenvalue weighted by molar-refractivity contribution is 0.175. The number of likely N-dealkylation sites (tertiary alicyclic amines) is 1. The number of benzene rings is 1. The van der Waals surface area contributed by atoms with Gasteiger partial charge in [0.15, 0.2) is 0 Å². The van der Waals surface area contributed by atoms with Crippen LogP contribution >= 0.6 is 0 Å². The van der Waals surface area contributed by atoms with Gasteiger partial charge >= 0.3 is 0 Å². The van der Waals surface area contributed by atoms with Gasteiger partial charge in [0.25, 0.3) is 0 Å². The van der Waals surface area contributed by atoms with Crippen molar-refractivity contribution in [3.63, 3.8) is 0 Å². The van der Waals surface area contributed by atoms with Gasteiger partial charge in [-0.05, 0) is 43.9 Å². The number of hydrogen-bond donors (Lipinski definition) is 1. The zero-order valence-electron chi connectivity index (χ0n) is 11.4. The van der Waals surface area contributed by atoms with Crippen molar-refractivity contribution in [3.8, 4) is 0 Å². The fraction of sp³-hybridized carbons (Fsp3) is 0.600. The van der Waals surface area contributed by atoms with E-state index in [1.165, 1.54) is 18.6 Å². The smallest absolute Gasteiger partial charge is 0.123 e. The molecule has 1 aromatic carbocycles. The predicted molar refractivity (Wildman–Crippen MR) is 72.7 cm³/mol. The molecule has 2 rings (SSSR count). The molecule has 18 heavy (non-hydrogen) atoms. The third-order valence-corrected chi connectivity index (χ3v) is 4.13. The van der Waals surface area contributed by atoms with Gasteiger partial charge < -0.3 is 5.73 Å². The molecule has 2 nitrogen and oxygen atoms in total. The van der Waals surface area contributed by atoms with E-state index in [4.69, 9.17) is 5.73 Å². The SMILES string of the molecule is CC1CC(C)N(C(C)C(N)c2ccc(F)cc2)C1. The minimum atomic E-state index is -0.207. The van der Waals surface area contributed by atoms with E-state index in [0.29, 0.717) is 6.04 Å². The first-order valence-electron chi connectivity index (χ1n) is 6.76. The van der Waals surface area contributed by atoms with Crippen LogP contribution in [-0.2, 0) is 0 Å². The molecule has 1 aromatic rings. The Hall–Kier alpha value is -0.930. The summed E-state index contributed by atoms with van der Waals surface area (Å²) < 4.78 is 12.9. The Bertz CT molecular complexity index is 390. The summed E-state index contributed by atoms with van der Waals surface area (Å²) in [5.74, 6) is 0.532. The molecule has 100 valence electrons. The molecular weight excluding hydrogens is 227 g/mol. The van der Waals surface area contributed by atoms with E-state index in [-0.39, 0.29) is 17.9 Å². The summed E-state index contributed by atoms with van der Waals surface area (Å²) >= 11 is 0. The molecule has 2 N–H and O–H groups in total. The van der Waals surface area contributed by atoms with Crippen LogP contribution in [0.4, 0.5) is 4.39 Å². The van der Waals surface area contributed by atoms with Gasteiger partial charge in [0, 0.05) is 24.7 Å². The van der Waals surface area contributed by atoms with Crippen molar-refractivity contribution in [1.29, 1.82) is 0 Å². The minimum Gasteiger partial charge on any atom is -0.323 e. The molecule has 0 aromatic heterocycles. The van der Waals surface area contributed by atoms with E-state index in [0.717, 1.165) is 18.0 Å². The van der Waals surface area contributed by atoms with Gasteiger partial charge in [0.2, 0.25) is 0 Å². The van der Waals surface area contributed by atoms with Gasteiger partial charge in [-0.1, -0.05) is 19.1 Å². The van der Waals surface area contributed by atoms with Crippen LogP contribution in [0.1, 0.15) is 38.8 Å². The average molecular weight is 250 g/mol. The lowest BCUT2D eigenvalue weighted by atomic mass is 10.00. The van der Waals surface area contributed by atoms with Crippen molar-refractivity contribution >= 4 is 0 Å². The number of halogens is 1. The summed E-state index contributed by atoms with van der Waals surface area (Å²) in [7, 11) is 0. The lowest BCUT2D eigenvalue weighted by Crippen LogP contribution is -2.42. The van der Waals surface area contributed by atoms with Crippen LogP contribution in [0, 0.1) is 11.7 Å². The minimum absolute atomic E-state index is 0.0571. The molecule has 1 fully saturated rings. The Morgan fingerprint density at radius 3 is 2.39 bits per heavy atom. The van der Waals surface area contributed by atoms with E-state index in [2.05, 4.69) is 25.7 Å². The highest BCUT2D eigenvalue weighted by atomic mass is 19.1. The highest BCUT2D eigenvalue weighted by Gasteiger charge is 2.32. The maximum atomic E-state index is 12.9. The van der Waals surface area contributed by atoms with Crippen molar-refractivity contribution < 1.29 is 4.39 Å². The molecular formula is C15H23FN2. The summed E-state index contributed by atoms with van der Waals surface area (Å²) in [5, 5.41) is 0. The first kappa shape index (κ1) is 13.5. The highest BCUT2D eigenvalue weighted by Crippen LogP contribution is 2.29. The number of rotatable bonds is 3. The second-order valence-corrected chi connectivity index (χ2v) is 5.70. The van der Waals surface area contributed by atoms with Crippen molar-refractivity contribution in [1.82, 2.24) is 4.90 Å². The molecule has 4 unspecified atom stereocenters. The normalized spacial score (nSPS) is 28.3. The lowest BCUT2D eigenvalue weighted by Gasteiger charge is -2.33. The molecule has 1 aliphatic rings. The number of hydrogen-bond acceptors (Lipinski definition) is 2. The average Bonchev–Trinajstić information content (AvgIpc) is 2.67. The van der Waals surface area contributed by atoms with Crippen LogP contribution in [0.3, 0.4) is 0 Å². The molecule has 3 heteroatoms. The van der Waals surface area contributed by atoms with Gasteiger partial charge in [-0.3, -0.25) is 4.90 Å². The number of nitrogens with two attached hydrogens (primary N) is 1. The molecule has 0 radical (unpaired) electrons. The molecule has 1 aliphatic heterocycles. The molecule has 0 amide bonds. The Balaban J connectivity index is 2.08. The van der Waals surface area contributed by atoms with Crippen LogP contribution in [-0.4, -0.2) is 23.5 Å². The summed E-state index contributed by atoms with van der Waals surface area (Å²) in [4.78, 5) is 2.47. The van der Waals surface area contributed by atoms with E-state index in [1.807, 2.05) is 0 Å². The summed E-state index contributed by atoms with van der Waals surface area (Å²) in [5.41, 5.74) is 7.32. The molecule has 0 aliphatic carbocycles. The van der Waals surface area contributed by atoms with Crippen LogP contribution in [0.2, 0.25) is 0 Å². The fourth-order valence-corrected chi connectivity index (χ4v) is 3.07. The van der Waals surface area contributed by atoms with Gasteiger partial charge in [-0.25, -0.2) is 4.39 Å². The van der Waals surface area contributed by atoms with Gasteiger partial charge in [0.05, 0.1) is 0 Å². The van der Waals surface area contributed by atoms with Crippen molar-refractivity contribution in [2.75, 3.05) is 6.54 Å². The third kappa shape index (κ3) is 2.73. The molecule has 0 saturated carbocycles. The van der Waals surface area contributed by atoms with E-state index in [9.17, 15) is 4.39 Å². The highest BCUT2D eigenvalue weighted by molar-refractivity contribution is 5.21. The summed E-state index contributed by atoms with van der Waals surface area (Å²) in [6.45, 7) is 7.82. The van der Waals surface area contributed by atoms with E-state index < -0.39 is 0 Å². The first-order valence-corrected chi connectivity index (χ1v) is 6.76. The fourth-order valence-electron chi connectivity index (χ4n) is 3.07. The second kappa shape index (κ2) is 5.37. The Labute approximate surface area is 109 Å². The van der Waals surface area contributed by atoms with Crippen molar-refractivity contribution in [2.24, 2.45) is 11.7 Å². The quantitative estimate of drug-likeness (QED) is 0.893. The first-order chi connectivity index (χ1) is 8.49. The molecule has 1 saturated heterocycles. The van der Waals surface area contributed by atoms with E-state index >= 15 is 0 Å². The van der Waals surface area contributed by atoms with Gasteiger partial charge in [0.1, 0.15) is 5.82 Å². The third-order valence-electron chi connectivity index (χ3n) is 4.13. The van der Waals surface area contributed by atoms with E-state index in [1.54, 1.807) is 12.1 Å². The predicted octanol–water partition coefficient (Wildman–Crippen LogP) is 2.94. The van der Waals surface area contributed by atoms with Crippen molar-refractivity contribution in [2.45, 2.75) is 45.3 Å². The Morgan fingerprint density at radius 2 is 1.89 bits per heavy atom.